The van der Waals surface area contributed by atoms with Gasteiger partial charge in [0.05, 0.1) is 12.2 Å². The normalized spacial score (nSPS) is 18.2. The summed E-state index contributed by atoms with van der Waals surface area (Å²) in [6.07, 6.45) is 0. The molecule has 6 heteroatoms. The lowest BCUT2D eigenvalue weighted by atomic mass is 9.91. The molecular formula is C27H32N4O2. The maximum absolute atomic E-state index is 13.8. The van der Waals surface area contributed by atoms with Crippen LogP contribution in [0.1, 0.15) is 60.6 Å². The van der Waals surface area contributed by atoms with E-state index < -0.39 is 5.54 Å². The zero-order valence-corrected chi connectivity index (χ0v) is 20.1. The SMILES string of the molecule is Cc1ccccc1CN1C(=O)c2cc(C(C)(C)C)nn2CC1(C)C(=O)NCc1ccccc1. The molecule has 2 heterocycles. The molecule has 0 fully saturated rings. The molecule has 1 unspecified atom stereocenters. The van der Waals surface area contributed by atoms with Gasteiger partial charge in [-0.2, -0.15) is 5.10 Å². The van der Waals surface area contributed by atoms with Crippen molar-refractivity contribution in [2.24, 2.45) is 0 Å². The highest BCUT2D eigenvalue weighted by atomic mass is 16.2. The van der Waals surface area contributed by atoms with E-state index in [-0.39, 0.29) is 17.2 Å². The zero-order chi connectivity index (χ0) is 23.8. The van der Waals surface area contributed by atoms with Gasteiger partial charge in [0.25, 0.3) is 5.91 Å². The van der Waals surface area contributed by atoms with Crippen LogP contribution in [0.5, 0.6) is 0 Å². The molecule has 0 spiro atoms. The first kappa shape index (κ1) is 22.8. The van der Waals surface area contributed by atoms with Gasteiger partial charge in [-0.3, -0.25) is 14.3 Å². The van der Waals surface area contributed by atoms with Crippen molar-refractivity contribution in [3.63, 3.8) is 0 Å². The van der Waals surface area contributed by atoms with Gasteiger partial charge >= 0.3 is 0 Å². The molecule has 1 atom stereocenters. The van der Waals surface area contributed by atoms with Crippen LogP contribution in [0.15, 0.2) is 60.7 Å². The van der Waals surface area contributed by atoms with Gasteiger partial charge in [-0.15, -0.1) is 0 Å². The molecule has 2 aromatic carbocycles. The number of aromatic nitrogens is 2. The van der Waals surface area contributed by atoms with Crippen LogP contribution in [0.25, 0.3) is 0 Å². The van der Waals surface area contributed by atoms with E-state index in [4.69, 9.17) is 5.10 Å². The van der Waals surface area contributed by atoms with Gasteiger partial charge in [0, 0.05) is 18.5 Å². The minimum absolute atomic E-state index is 0.176. The Morgan fingerprint density at radius 1 is 1.09 bits per heavy atom. The summed E-state index contributed by atoms with van der Waals surface area (Å²) in [5, 5.41) is 7.77. The second kappa shape index (κ2) is 8.50. The Balaban J connectivity index is 1.71. The minimum Gasteiger partial charge on any atom is -0.350 e. The summed E-state index contributed by atoms with van der Waals surface area (Å²) in [6.45, 7) is 11.1. The van der Waals surface area contributed by atoms with Crippen LogP contribution in [0.3, 0.4) is 0 Å². The highest BCUT2D eigenvalue weighted by Gasteiger charge is 2.48. The van der Waals surface area contributed by atoms with Gasteiger partial charge in [-0.1, -0.05) is 75.4 Å². The molecule has 3 aromatic rings. The van der Waals surface area contributed by atoms with Crippen LogP contribution in [0.2, 0.25) is 0 Å². The van der Waals surface area contributed by atoms with Gasteiger partial charge in [0.2, 0.25) is 5.91 Å². The number of benzene rings is 2. The first-order valence-corrected chi connectivity index (χ1v) is 11.4. The summed E-state index contributed by atoms with van der Waals surface area (Å²) in [7, 11) is 0. The summed E-state index contributed by atoms with van der Waals surface area (Å²) >= 11 is 0. The van der Waals surface area contributed by atoms with E-state index in [2.05, 4.69) is 26.1 Å². The monoisotopic (exact) mass is 444 g/mol. The van der Waals surface area contributed by atoms with Crippen molar-refractivity contribution in [1.82, 2.24) is 20.0 Å². The standard InChI is InChI=1S/C27H32N4O2/c1-19-11-9-10-14-21(19)17-30-24(32)22-15-23(26(2,3)4)29-31(22)18-27(30,5)25(33)28-16-20-12-7-6-8-13-20/h6-15H,16-18H2,1-5H3,(H,28,33). The zero-order valence-electron chi connectivity index (χ0n) is 20.1. The third-order valence-electron chi connectivity index (χ3n) is 6.44. The van der Waals surface area contributed by atoms with Crippen molar-refractivity contribution in [3.05, 3.63) is 88.7 Å². The maximum Gasteiger partial charge on any atom is 0.273 e. The topological polar surface area (TPSA) is 67.2 Å². The van der Waals surface area contributed by atoms with Crippen molar-refractivity contribution in [1.29, 1.82) is 0 Å². The average molecular weight is 445 g/mol. The molecule has 6 nitrogen and oxygen atoms in total. The fourth-order valence-corrected chi connectivity index (χ4v) is 4.18. The molecule has 1 N–H and O–H groups in total. The molecule has 2 amide bonds. The molecule has 33 heavy (non-hydrogen) atoms. The van der Waals surface area contributed by atoms with E-state index in [1.807, 2.05) is 74.5 Å². The number of carbonyl (C=O) groups excluding carboxylic acids is 2. The molecule has 0 bridgehead atoms. The van der Waals surface area contributed by atoms with Crippen LogP contribution < -0.4 is 5.32 Å². The van der Waals surface area contributed by atoms with Crippen LogP contribution in [0, 0.1) is 6.92 Å². The third kappa shape index (κ3) is 4.42. The Hall–Kier alpha value is -3.41. The molecule has 0 saturated carbocycles. The summed E-state index contributed by atoms with van der Waals surface area (Å²) in [5.74, 6) is -0.364. The van der Waals surface area contributed by atoms with Gasteiger partial charge in [0.1, 0.15) is 11.2 Å². The van der Waals surface area contributed by atoms with Gasteiger partial charge in [0.15, 0.2) is 0 Å². The molecule has 0 aliphatic carbocycles. The fourth-order valence-electron chi connectivity index (χ4n) is 4.18. The van der Waals surface area contributed by atoms with Crippen LogP contribution in [0.4, 0.5) is 0 Å². The second-order valence-electron chi connectivity index (χ2n) is 10.1. The summed E-state index contributed by atoms with van der Waals surface area (Å²) < 4.78 is 1.71. The predicted octanol–water partition coefficient (Wildman–Crippen LogP) is 4.22. The Morgan fingerprint density at radius 3 is 2.42 bits per heavy atom. The lowest BCUT2D eigenvalue weighted by Gasteiger charge is -2.43. The molecule has 1 aromatic heterocycles. The van der Waals surface area contributed by atoms with E-state index in [9.17, 15) is 9.59 Å². The van der Waals surface area contributed by atoms with Gasteiger partial charge in [-0.25, -0.2) is 0 Å². The molecule has 4 rings (SSSR count). The quantitative estimate of drug-likeness (QED) is 0.641. The minimum atomic E-state index is -1.08. The fraction of sp³-hybridized carbons (Fsp3) is 0.370. The Bertz CT molecular complexity index is 1180. The Kier molecular flexibility index (Phi) is 5.87. The molecule has 172 valence electrons. The van der Waals surface area contributed by atoms with E-state index in [0.29, 0.717) is 25.3 Å². The van der Waals surface area contributed by atoms with Crippen molar-refractivity contribution >= 4 is 11.8 Å². The van der Waals surface area contributed by atoms with Crippen LogP contribution >= 0.6 is 0 Å². The second-order valence-corrected chi connectivity index (χ2v) is 10.1. The van der Waals surface area contributed by atoms with E-state index in [1.54, 1.807) is 9.58 Å². The van der Waals surface area contributed by atoms with E-state index in [0.717, 1.165) is 22.4 Å². The third-order valence-corrected chi connectivity index (χ3v) is 6.44. The molecule has 1 aliphatic heterocycles. The molecular weight excluding hydrogens is 412 g/mol. The first-order chi connectivity index (χ1) is 15.6. The number of aryl methyl sites for hydroxylation is 1. The average Bonchev–Trinajstić information content (AvgIpc) is 3.21. The van der Waals surface area contributed by atoms with Crippen molar-refractivity contribution < 1.29 is 9.59 Å². The van der Waals surface area contributed by atoms with E-state index in [1.165, 1.54) is 0 Å². The Morgan fingerprint density at radius 2 is 1.76 bits per heavy atom. The van der Waals surface area contributed by atoms with Gasteiger partial charge in [-0.05, 0) is 36.6 Å². The first-order valence-electron chi connectivity index (χ1n) is 11.4. The molecule has 0 radical (unpaired) electrons. The maximum atomic E-state index is 13.8. The number of amides is 2. The number of fused-ring (bicyclic) bond motifs is 1. The molecule has 0 saturated heterocycles. The number of nitrogens with zero attached hydrogens (tertiary/aromatic N) is 3. The largest absolute Gasteiger partial charge is 0.350 e. The number of carbonyl (C=O) groups is 2. The molecule has 1 aliphatic rings. The van der Waals surface area contributed by atoms with Crippen LogP contribution in [-0.2, 0) is 29.8 Å². The smallest absolute Gasteiger partial charge is 0.273 e. The lowest BCUT2D eigenvalue weighted by Crippen LogP contribution is -2.63. The number of hydrogen-bond donors (Lipinski definition) is 1. The summed E-state index contributed by atoms with van der Waals surface area (Å²) in [5.41, 5.74) is 3.22. The highest BCUT2D eigenvalue weighted by Crippen LogP contribution is 2.32. The number of rotatable bonds is 5. The van der Waals surface area contributed by atoms with Crippen molar-refractivity contribution in [3.8, 4) is 0 Å². The highest BCUT2D eigenvalue weighted by molar-refractivity contribution is 5.99. The number of hydrogen-bond acceptors (Lipinski definition) is 3. The summed E-state index contributed by atoms with van der Waals surface area (Å²) in [4.78, 5) is 29.1. The van der Waals surface area contributed by atoms with E-state index >= 15 is 0 Å². The van der Waals surface area contributed by atoms with Gasteiger partial charge < -0.3 is 10.2 Å². The summed E-state index contributed by atoms with van der Waals surface area (Å²) in [6, 6.07) is 19.6. The number of nitrogens with one attached hydrogen (secondary N) is 1. The van der Waals surface area contributed by atoms with Crippen molar-refractivity contribution in [2.75, 3.05) is 0 Å². The van der Waals surface area contributed by atoms with Crippen LogP contribution in [-0.4, -0.2) is 32.0 Å². The lowest BCUT2D eigenvalue weighted by molar-refractivity contribution is -0.133. The Labute approximate surface area is 195 Å². The van der Waals surface area contributed by atoms with Crippen molar-refractivity contribution in [2.45, 2.75) is 65.2 Å². The predicted molar refractivity (Wildman–Crippen MR) is 129 cm³/mol.